The Morgan fingerprint density at radius 2 is 1.72 bits per heavy atom. The van der Waals surface area contributed by atoms with Gasteiger partial charge < -0.3 is 14.4 Å². The van der Waals surface area contributed by atoms with Crippen LogP contribution in [0.5, 0.6) is 0 Å². The number of benzene rings is 1. The van der Waals surface area contributed by atoms with Crippen molar-refractivity contribution in [2.75, 3.05) is 26.8 Å². The highest BCUT2D eigenvalue weighted by Gasteiger charge is 2.28. The molecule has 8 heteroatoms. The number of carbonyl (C=O) groups excluding carboxylic acids is 4. The quantitative estimate of drug-likeness (QED) is 0.532. The van der Waals surface area contributed by atoms with Crippen LogP contribution in [0.15, 0.2) is 41.8 Å². The van der Waals surface area contributed by atoms with E-state index in [-0.39, 0.29) is 34.7 Å². The summed E-state index contributed by atoms with van der Waals surface area (Å²) in [4.78, 5) is 51.1. The lowest BCUT2D eigenvalue weighted by molar-refractivity contribution is -0.149. The molecule has 1 amide bonds. The molecule has 29 heavy (non-hydrogen) atoms. The number of nitrogens with zero attached hydrogens (tertiary/aromatic N) is 1. The van der Waals surface area contributed by atoms with Gasteiger partial charge in [-0.3, -0.25) is 14.4 Å². The Kier molecular flexibility index (Phi) is 6.77. The summed E-state index contributed by atoms with van der Waals surface area (Å²) in [6.45, 7) is 0.399. The van der Waals surface area contributed by atoms with Crippen molar-refractivity contribution in [1.29, 1.82) is 0 Å². The second-order valence-corrected chi connectivity index (χ2v) is 7.55. The number of carbonyl (C=O) groups is 4. The van der Waals surface area contributed by atoms with Gasteiger partial charge in [0.25, 0.3) is 5.91 Å². The molecule has 1 saturated heterocycles. The highest BCUT2D eigenvalue weighted by Crippen LogP contribution is 2.20. The molecule has 0 unspecified atom stereocenters. The van der Waals surface area contributed by atoms with Crippen LogP contribution in [0.3, 0.4) is 0 Å². The zero-order chi connectivity index (χ0) is 20.8. The molecule has 1 aromatic carbocycles. The fraction of sp³-hybridized carbons (Fsp3) is 0.333. The molecule has 0 radical (unpaired) electrons. The predicted octanol–water partition coefficient (Wildman–Crippen LogP) is 2.55. The normalized spacial score (nSPS) is 14.3. The first kappa shape index (κ1) is 20.7. The minimum Gasteiger partial charge on any atom is -0.469 e. The van der Waals surface area contributed by atoms with Gasteiger partial charge in [-0.1, -0.05) is 24.3 Å². The van der Waals surface area contributed by atoms with Gasteiger partial charge in [-0.15, -0.1) is 11.3 Å². The SMILES string of the molecule is COC(=O)C1CCN(C(=O)COC(=O)c2ccccc2C(=O)c2cccs2)CC1. The van der Waals surface area contributed by atoms with Gasteiger partial charge in [0.2, 0.25) is 5.78 Å². The number of thiophene rings is 1. The van der Waals surface area contributed by atoms with Crippen LogP contribution in [0.25, 0.3) is 0 Å². The third kappa shape index (κ3) is 4.89. The molecule has 0 saturated carbocycles. The molecule has 1 aliphatic rings. The number of likely N-dealkylation sites (tertiary alicyclic amines) is 1. The number of amides is 1. The second kappa shape index (κ2) is 9.47. The van der Waals surface area contributed by atoms with Crippen LogP contribution in [0, 0.1) is 5.92 Å². The van der Waals surface area contributed by atoms with Crippen LogP contribution in [-0.2, 0) is 19.1 Å². The molecule has 1 aliphatic heterocycles. The van der Waals surface area contributed by atoms with Gasteiger partial charge in [0, 0.05) is 18.7 Å². The Bertz CT molecular complexity index is 900. The van der Waals surface area contributed by atoms with Crippen molar-refractivity contribution in [3.05, 3.63) is 57.8 Å². The largest absolute Gasteiger partial charge is 0.469 e. The number of piperidine rings is 1. The van der Waals surface area contributed by atoms with E-state index in [2.05, 4.69) is 0 Å². The van der Waals surface area contributed by atoms with Crippen LogP contribution >= 0.6 is 11.3 Å². The maximum atomic E-state index is 12.6. The number of methoxy groups -OCH3 is 1. The lowest BCUT2D eigenvalue weighted by atomic mass is 9.97. The molecule has 2 heterocycles. The standard InChI is InChI=1S/C21H21NO6S/c1-27-20(25)14-8-10-22(11-9-14)18(23)13-28-21(26)16-6-3-2-5-15(16)19(24)17-7-4-12-29-17/h2-7,12,14H,8-11,13H2,1H3. The molecule has 0 bridgehead atoms. The van der Waals surface area contributed by atoms with Gasteiger partial charge in [0.1, 0.15) is 0 Å². The minimum atomic E-state index is -0.719. The van der Waals surface area contributed by atoms with Crippen molar-refractivity contribution >= 4 is 35.0 Å². The van der Waals surface area contributed by atoms with E-state index in [1.807, 2.05) is 0 Å². The lowest BCUT2D eigenvalue weighted by Crippen LogP contribution is -2.42. The molecule has 7 nitrogen and oxygen atoms in total. The highest BCUT2D eigenvalue weighted by molar-refractivity contribution is 7.12. The first-order valence-corrected chi connectivity index (χ1v) is 10.1. The Morgan fingerprint density at radius 3 is 2.34 bits per heavy atom. The minimum absolute atomic E-state index is 0.128. The average Bonchev–Trinajstić information content (AvgIpc) is 3.31. The summed E-state index contributed by atoms with van der Waals surface area (Å²) in [6.07, 6.45) is 1.04. The molecule has 1 fully saturated rings. The first-order valence-electron chi connectivity index (χ1n) is 9.21. The van der Waals surface area contributed by atoms with Gasteiger partial charge in [-0.2, -0.15) is 0 Å². The van der Waals surface area contributed by atoms with Crippen molar-refractivity contribution in [2.45, 2.75) is 12.8 Å². The van der Waals surface area contributed by atoms with Gasteiger partial charge >= 0.3 is 11.9 Å². The van der Waals surface area contributed by atoms with E-state index in [0.717, 1.165) is 0 Å². The van der Waals surface area contributed by atoms with Crippen LogP contribution < -0.4 is 0 Å². The third-order valence-electron chi connectivity index (χ3n) is 4.85. The molecule has 0 atom stereocenters. The molecule has 0 aliphatic carbocycles. The maximum Gasteiger partial charge on any atom is 0.339 e. The number of rotatable bonds is 6. The monoisotopic (exact) mass is 415 g/mol. The van der Waals surface area contributed by atoms with Gasteiger partial charge in [-0.05, 0) is 30.4 Å². The predicted molar refractivity (Wildman–Crippen MR) is 106 cm³/mol. The molecular weight excluding hydrogens is 394 g/mol. The fourth-order valence-electron chi connectivity index (χ4n) is 3.23. The zero-order valence-corrected chi connectivity index (χ0v) is 16.8. The fourth-order valence-corrected chi connectivity index (χ4v) is 3.91. The number of hydrogen-bond donors (Lipinski definition) is 0. The van der Waals surface area contributed by atoms with E-state index >= 15 is 0 Å². The number of ether oxygens (including phenoxy) is 2. The average molecular weight is 415 g/mol. The molecule has 152 valence electrons. The third-order valence-corrected chi connectivity index (χ3v) is 5.71. The second-order valence-electron chi connectivity index (χ2n) is 6.61. The zero-order valence-electron chi connectivity index (χ0n) is 16.0. The van der Waals surface area contributed by atoms with Gasteiger partial charge in [0.05, 0.1) is 23.5 Å². The van der Waals surface area contributed by atoms with Crippen molar-refractivity contribution in [3.8, 4) is 0 Å². The summed E-state index contributed by atoms with van der Waals surface area (Å²) in [5.41, 5.74) is 0.370. The Balaban J connectivity index is 1.58. The lowest BCUT2D eigenvalue weighted by Gasteiger charge is -2.30. The van der Waals surface area contributed by atoms with Crippen molar-refractivity contribution < 1.29 is 28.7 Å². The summed E-state index contributed by atoms with van der Waals surface area (Å²) >= 11 is 1.29. The van der Waals surface area contributed by atoms with Crippen LogP contribution in [0.1, 0.15) is 38.4 Å². The van der Waals surface area contributed by atoms with Crippen LogP contribution in [0.4, 0.5) is 0 Å². The molecule has 1 aromatic heterocycles. The highest BCUT2D eigenvalue weighted by atomic mass is 32.1. The summed E-state index contributed by atoms with van der Waals surface area (Å²) in [6, 6.07) is 9.85. The van der Waals surface area contributed by atoms with E-state index in [0.29, 0.717) is 30.8 Å². The Labute approximate surface area is 172 Å². The van der Waals surface area contributed by atoms with Crippen molar-refractivity contribution in [1.82, 2.24) is 4.90 Å². The maximum absolute atomic E-state index is 12.6. The summed E-state index contributed by atoms with van der Waals surface area (Å²) < 4.78 is 9.91. The number of hydrogen-bond acceptors (Lipinski definition) is 7. The molecule has 3 rings (SSSR count). The Hall–Kier alpha value is -3.00. The first-order chi connectivity index (χ1) is 14.0. The van der Waals surface area contributed by atoms with Crippen molar-refractivity contribution in [2.24, 2.45) is 5.92 Å². The molecule has 2 aromatic rings. The van der Waals surface area contributed by atoms with E-state index in [9.17, 15) is 19.2 Å². The molecular formula is C21H21NO6S. The van der Waals surface area contributed by atoms with Crippen molar-refractivity contribution in [3.63, 3.8) is 0 Å². The summed E-state index contributed by atoms with van der Waals surface area (Å²) in [5, 5.41) is 1.79. The molecule has 0 spiro atoms. The van der Waals surface area contributed by atoms with Crippen LogP contribution in [-0.4, -0.2) is 55.3 Å². The number of ketones is 1. The smallest absolute Gasteiger partial charge is 0.339 e. The van der Waals surface area contributed by atoms with Gasteiger partial charge in [0.15, 0.2) is 6.61 Å². The summed E-state index contributed by atoms with van der Waals surface area (Å²) in [7, 11) is 1.35. The van der Waals surface area contributed by atoms with E-state index in [4.69, 9.17) is 9.47 Å². The van der Waals surface area contributed by atoms with E-state index in [1.54, 1.807) is 40.6 Å². The van der Waals surface area contributed by atoms with E-state index < -0.39 is 12.6 Å². The topological polar surface area (TPSA) is 90.0 Å². The van der Waals surface area contributed by atoms with Gasteiger partial charge in [-0.25, -0.2) is 4.79 Å². The Morgan fingerprint density at radius 1 is 1.03 bits per heavy atom. The molecule has 0 N–H and O–H groups in total. The number of esters is 2. The van der Waals surface area contributed by atoms with Crippen LogP contribution in [0.2, 0.25) is 0 Å². The summed E-state index contributed by atoms with van der Waals surface area (Å²) in [5.74, 6) is -1.78. The van der Waals surface area contributed by atoms with E-state index in [1.165, 1.54) is 24.5 Å².